The molecule has 0 spiro atoms. The smallest absolute Gasteiger partial charge is 0.243 e. The second-order valence-corrected chi connectivity index (χ2v) is 9.74. The monoisotopic (exact) mass is 405 g/mol. The van der Waals surface area contributed by atoms with Crippen LogP contribution in [0, 0.1) is 17.8 Å². The van der Waals surface area contributed by atoms with Gasteiger partial charge >= 0.3 is 0 Å². The van der Waals surface area contributed by atoms with Gasteiger partial charge in [0.15, 0.2) is 0 Å². The maximum Gasteiger partial charge on any atom is 0.243 e. The molecular formula is C20H27N3O4S. The molecule has 0 radical (unpaired) electrons. The van der Waals surface area contributed by atoms with Crippen molar-refractivity contribution in [3.8, 4) is 0 Å². The number of hydrogen-bond donors (Lipinski definition) is 2. The Labute approximate surface area is 166 Å². The molecule has 28 heavy (non-hydrogen) atoms. The molecule has 7 nitrogen and oxygen atoms in total. The molecule has 8 heteroatoms. The third-order valence-electron chi connectivity index (χ3n) is 5.41. The van der Waals surface area contributed by atoms with Gasteiger partial charge in [0.2, 0.25) is 21.8 Å². The van der Waals surface area contributed by atoms with E-state index in [1.54, 1.807) is 12.1 Å². The lowest BCUT2D eigenvalue weighted by molar-refractivity contribution is -0.118. The molecule has 1 aliphatic carbocycles. The summed E-state index contributed by atoms with van der Waals surface area (Å²) in [5.41, 5.74) is 0.600. The molecule has 2 amide bonds. The van der Waals surface area contributed by atoms with Crippen LogP contribution >= 0.6 is 0 Å². The predicted molar refractivity (Wildman–Crippen MR) is 107 cm³/mol. The first-order chi connectivity index (χ1) is 13.2. The SMILES string of the molecule is C=CC(=O)NC1C(C)CN(S(=O)(=O)c2ccc(NC(=O)C3CC3)cc2)CC1C. The Morgan fingerprint density at radius 3 is 2.18 bits per heavy atom. The number of amides is 2. The molecule has 152 valence electrons. The van der Waals surface area contributed by atoms with Crippen LogP contribution in [0.2, 0.25) is 0 Å². The summed E-state index contributed by atoms with van der Waals surface area (Å²) in [6, 6.07) is 6.20. The maximum atomic E-state index is 13.1. The first kappa shape index (κ1) is 20.5. The van der Waals surface area contributed by atoms with Crippen molar-refractivity contribution in [1.82, 2.24) is 9.62 Å². The Morgan fingerprint density at radius 2 is 1.68 bits per heavy atom. The van der Waals surface area contributed by atoms with Gasteiger partial charge in [-0.05, 0) is 55.0 Å². The molecule has 2 unspecified atom stereocenters. The van der Waals surface area contributed by atoms with Crippen molar-refractivity contribution in [1.29, 1.82) is 0 Å². The molecule has 1 heterocycles. The van der Waals surface area contributed by atoms with Crippen LogP contribution in [0.25, 0.3) is 0 Å². The zero-order valence-corrected chi connectivity index (χ0v) is 17.0. The van der Waals surface area contributed by atoms with Gasteiger partial charge in [-0.1, -0.05) is 20.4 Å². The summed E-state index contributed by atoms with van der Waals surface area (Å²) in [5.74, 6) is -0.223. The number of anilines is 1. The standard InChI is InChI=1S/C20H27N3O4S/c1-4-18(24)22-19-13(2)11-23(12-14(19)3)28(26,27)17-9-7-16(8-10-17)21-20(25)15-5-6-15/h4,7-10,13-15,19H,1,5-6,11-12H2,2-3H3,(H,21,25)(H,22,24). The van der Waals surface area contributed by atoms with Crippen molar-refractivity contribution in [2.75, 3.05) is 18.4 Å². The van der Waals surface area contributed by atoms with Crippen LogP contribution in [0.4, 0.5) is 5.69 Å². The molecule has 3 rings (SSSR count). The average molecular weight is 406 g/mol. The van der Waals surface area contributed by atoms with Crippen molar-refractivity contribution >= 4 is 27.5 Å². The molecule has 1 aromatic rings. The molecule has 1 saturated heterocycles. The second-order valence-electron chi connectivity index (χ2n) is 7.80. The fourth-order valence-corrected chi connectivity index (χ4v) is 5.30. The molecule has 0 bridgehead atoms. The lowest BCUT2D eigenvalue weighted by Crippen LogP contribution is -2.55. The molecule has 1 aromatic carbocycles. The highest BCUT2D eigenvalue weighted by atomic mass is 32.2. The van der Waals surface area contributed by atoms with Gasteiger partial charge in [-0.3, -0.25) is 9.59 Å². The van der Waals surface area contributed by atoms with Crippen molar-refractivity contribution in [2.24, 2.45) is 17.8 Å². The van der Waals surface area contributed by atoms with Gasteiger partial charge in [0.05, 0.1) is 4.90 Å². The van der Waals surface area contributed by atoms with Gasteiger partial charge in [-0.25, -0.2) is 8.42 Å². The Bertz CT molecular complexity index is 850. The maximum absolute atomic E-state index is 13.1. The number of sulfonamides is 1. The van der Waals surface area contributed by atoms with E-state index in [9.17, 15) is 18.0 Å². The highest BCUT2D eigenvalue weighted by Gasteiger charge is 2.38. The molecule has 1 aliphatic heterocycles. The van der Waals surface area contributed by atoms with E-state index in [0.717, 1.165) is 12.8 Å². The average Bonchev–Trinajstić information content (AvgIpc) is 3.50. The Kier molecular flexibility index (Phi) is 5.90. The predicted octanol–water partition coefficient (Wildman–Crippen LogP) is 1.98. The lowest BCUT2D eigenvalue weighted by Gasteiger charge is -2.40. The third-order valence-corrected chi connectivity index (χ3v) is 7.26. The molecular weight excluding hydrogens is 378 g/mol. The quantitative estimate of drug-likeness (QED) is 0.708. The zero-order valence-electron chi connectivity index (χ0n) is 16.2. The van der Waals surface area contributed by atoms with E-state index in [4.69, 9.17) is 0 Å². The first-order valence-electron chi connectivity index (χ1n) is 9.56. The van der Waals surface area contributed by atoms with Crippen LogP contribution < -0.4 is 10.6 Å². The van der Waals surface area contributed by atoms with Gasteiger partial charge in [0.25, 0.3) is 0 Å². The molecule has 1 saturated carbocycles. The third kappa shape index (κ3) is 4.44. The van der Waals surface area contributed by atoms with Crippen molar-refractivity contribution < 1.29 is 18.0 Å². The topological polar surface area (TPSA) is 95.6 Å². The van der Waals surface area contributed by atoms with Crippen LogP contribution in [0.15, 0.2) is 41.8 Å². The minimum atomic E-state index is -3.65. The molecule has 2 aliphatic rings. The van der Waals surface area contributed by atoms with Gasteiger partial charge in [0, 0.05) is 30.7 Å². The van der Waals surface area contributed by atoms with Crippen molar-refractivity contribution in [3.63, 3.8) is 0 Å². The number of benzene rings is 1. The van der Waals surface area contributed by atoms with Crippen LogP contribution in [-0.4, -0.2) is 43.7 Å². The lowest BCUT2D eigenvalue weighted by atomic mass is 9.87. The van der Waals surface area contributed by atoms with Crippen molar-refractivity contribution in [2.45, 2.75) is 37.6 Å². The summed E-state index contributed by atoms with van der Waals surface area (Å²) in [5, 5.41) is 5.71. The van der Waals surface area contributed by atoms with Gasteiger partial charge in [-0.2, -0.15) is 4.31 Å². The zero-order chi connectivity index (χ0) is 20.5. The van der Waals surface area contributed by atoms with Crippen LogP contribution in [0.1, 0.15) is 26.7 Å². The highest BCUT2D eigenvalue weighted by Crippen LogP contribution is 2.31. The van der Waals surface area contributed by atoms with Crippen LogP contribution in [0.3, 0.4) is 0 Å². The number of rotatable bonds is 6. The number of carbonyl (C=O) groups is 2. The molecule has 2 N–H and O–H groups in total. The van der Waals surface area contributed by atoms with E-state index in [0.29, 0.717) is 18.8 Å². The van der Waals surface area contributed by atoms with Gasteiger partial charge in [0.1, 0.15) is 0 Å². The minimum Gasteiger partial charge on any atom is -0.349 e. The number of nitrogens with one attached hydrogen (secondary N) is 2. The van der Waals surface area contributed by atoms with Gasteiger partial charge in [-0.15, -0.1) is 0 Å². The van der Waals surface area contributed by atoms with Crippen LogP contribution in [0.5, 0.6) is 0 Å². The van der Waals surface area contributed by atoms with E-state index in [1.165, 1.54) is 22.5 Å². The summed E-state index contributed by atoms with van der Waals surface area (Å²) in [7, 11) is -3.65. The van der Waals surface area contributed by atoms with Crippen molar-refractivity contribution in [3.05, 3.63) is 36.9 Å². The summed E-state index contributed by atoms with van der Waals surface area (Å²) in [4.78, 5) is 23.7. The summed E-state index contributed by atoms with van der Waals surface area (Å²) in [6.45, 7) is 7.99. The molecule has 0 aromatic heterocycles. The Balaban J connectivity index is 1.69. The Hall–Kier alpha value is -2.19. The second kappa shape index (κ2) is 8.05. The Morgan fingerprint density at radius 1 is 1.11 bits per heavy atom. The van der Waals surface area contributed by atoms with E-state index in [2.05, 4.69) is 17.2 Å². The fraction of sp³-hybridized carbons (Fsp3) is 0.500. The summed E-state index contributed by atoms with van der Waals surface area (Å²) >= 11 is 0. The molecule has 2 fully saturated rings. The summed E-state index contributed by atoms with van der Waals surface area (Å²) in [6.07, 6.45) is 3.06. The van der Waals surface area contributed by atoms with E-state index < -0.39 is 10.0 Å². The number of piperidine rings is 1. The normalized spacial score (nSPS) is 25.7. The van der Waals surface area contributed by atoms with E-state index in [1.807, 2.05) is 13.8 Å². The molecule has 2 atom stereocenters. The largest absolute Gasteiger partial charge is 0.349 e. The number of carbonyl (C=O) groups excluding carboxylic acids is 2. The van der Waals surface area contributed by atoms with E-state index >= 15 is 0 Å². The highest BCUT2D eigenvalue weighted by molar-refractivity contribution is 7.89. The van der Waals surface area contributed by atoms with Crippen LogP contribution in [-0.2, 0) is 19.6 Å². The number of nitrogens with zero attached hydrogens (tertiary/aromatic N) is 1. The van der Waals surface area contributed by atoms with E-state index in [-0.39, 0.29) is 40.5 Å². The minimum absolute atomic E-state index is 0.0121. The fourth-order valence-electron chi connectivity index (χ4n) is 3.66. The van der Waals surface area contributed by atoms with Gasteiger partial charge < -0.3 is 10.6 Å². The first-order valence-corrected chi connectivity index (χ1v) is 11.0. The summed E-state index contributed by atoms with van der Waals surface area (Å²) < 4.78 is 27.6. The number of hydrogen-bond acceptors (Lipinski definition) is 4.